The monoisotopic (exact) mass is 372 g/mol. The molecule has 6 nitrogen and oxygen atoms in total. The van der Waals surface area contributed by atoms with Gasteiger partial charge in [-0.2, -0.15) is 4.98 Å². The molecule has 0 saturated carbocycles. The summed E-state index contributed by atoms with van der Waals surface area (Å²) < 4.78 is 3.77. The van der Waals surface area contributed by atoms with Crippen molar-refractivity contribution in [2.75, 3.05) is 0 Å². The highest BCUT2D eigenvalue weighted by atomic mass is 35.5. The molecular weight excluding hydrogens is 363 g/mol. The van der Waals surface area contributed by atoms with Crippen LogP contribution in [0.15, 0.2) is 27.8 Å². The van der Waals surface area contributed by atoms with Gasteiger partial charge in [0.2, 0.25) is 5.28 Å². The van der Waals surface area contributed by atoms with Crippen LogP contribution in [0.25, 0.3) is 11.2 Å². The molecule has 9 heteroatoms. The molecule has 0 amide bonds. The Kier molecular flexibility index (Phi) is 4.00. The lowest BCUT2D eigenvalue weighted by Crippen LogP contribution is -2.37. The topological polar surface area (TPSA) is 61.8 Å². The minimum Gasteiger partial charge on any atom is -0.304 e. The Labute approximate surface area is 145 Å². The average molecular weight is 374 g/mol. The first-order valence-electron chi connectivity index (χ1n) is 6.57. The number of rotatable bonds is 2. The van der Waals surface area contributed by atoms with E-state index in [4.69, 9.17) is 34.8 Å². The Balaban J connectivity index is 2.33. The average Bonchev–Trinajstić information content (AvgIpc) is 2.84. The van der Waals surface area contributed by atoms with Crippen LogP contribution in [0.1, 0.15) is 5.56 Å². The molecule has 1 aromatic carbocycles. The van der Waals surface area contributed by atoms with Crippen molar-refractivity contribution in [2.45, 2.75) is 6.54 Å². The number of hydrogen-bond acceptors (Lipinski definition) is 3. The quantitative estimate of drug-likeness (QED) is 0.648. The van der Waals surface area contributed by atoms with Gasteiger partial charge in [0.05, 0.1) is 6.54 Å². The smallest absolute Gasteiger partial charge is 0.304 e. The Morgan fingerprint density at radius 2 is 1.65 bits per heavy atom. The van der Waals surface area contributed by atoms with E-state index in [9.17, 15) is 9.59 Å². The molecule has 120 valence electrons. The summed E-state index contributed by atoms with van der Waals surface area (Å²) in [6.07, 6.45) is 0. The second kappa shape index (κ2) is 5.70. The summed E-state index contributed by atoms with van der Waals surface area (Å²) in [4.78, 5) is 28.6. The van der Waals surface area contributed by atoms with Gasteiger partial charge in [-0.1, -0.05) is 29.3 Å². The number of fused-ring (bicyclic) bond motifs is 1. The summed E-state index contributed by atoms with van der Waals surface area (Å²) >= 11 is 18.5. The first-order valence-corrected chi connectivity index (χ1v) is 7.71. The molecule has 3 rings (SSSR count). The molecule has 0 aliphatic rings. The summed E-state index contributed by atoms with van der Waals surface area (Å²) in [5.74, 6) is 0. The zero-order chi connectivity index (χ0) is 16.9. The molecule has 2 aromatic heterocycles. The minimum atomic E-state index is -0.481. The molecule has 0 aliphatic carbocycles. The van der Waals surface area contributed by atoms with E-state index in [-0.39, 0.29) is 23.0 Å². The van der Waals surface area contributed by atoms with Crippen molar-refractivity contribution in [3.63, 3.8) is 0 Å². The predicted octanol–water partition coefficient (Wildman–Crippen LogP) is 2.44. The van der Waals surface area contributed by atoms with Crippen LogP contribution in [0.5, 0.6) is 0 Å². The maximum Gasteiger partial charge on any atom is 0.332 e. The Bertz CT molecular complexity index is 1030. The molecule has 0 saturated heterocycles. The van der Waals surface area contributed by atoms with Gasteiger partial charge in [0.1, 0.15) is 0 Å². The molecule has 2 heterocycles. The van der Waals surface area contributed by atoms with Gasteiger partial charge in [0, 0.05) is 29.7 Å². The van der Waals surface area contributed by atoms with Gasteiger partial charge < -0.3 is 4.57 Å². The molecule has 0 atom stereocenters. The van der Waals surface area contributed by atoms with Crippen molar-refractivity contribution in [3.8, 4) is 0 Å². The Morgan fingerprint density at radius 1 is 1.04 bits per heavy atom. The van der Waals surface area contributed by atoms with Crippen LogP contribution in [0.2, 0.25) is 15.3 Å². The van der Waals surface area contributed by atoms with Gasteiger partial charge in [-0.15, -0.1) is 0 Å². The summed E-state index contributed by atoms with van der Waals surface area (Å²) in [7, 11) is 2.93. The highest BCUT2D eigenvalue weighted by Crippen LogP contribution is 2.27. The van der Waals surface area contributed by atoms with Crippen molar-refractivity contribution in [3.05, 3.63) is 59.9 Å². The third-order valence-corrected chi connectivity index (χ3v) is 4.68. The van der Waals surface area contributed by atoms with Crippen molar-refractivity contribution >= 4 is 46.0 Å². The van der Waals surface area contributed by atoms with Gasteiger partial charge in [-0.3, -0.25) is 13.9 Å². The van der Waals surface area contributed by atoms with Crippen LogP contribution in [0.3, 0.4) is 0 Å². The van der Waals surface area contributed by atoms with Crippen molar-refractivity contribution in [1.29, 1.82) is 0 Å². The van der Waals surface area contributed by atoms with E-state index in [1.807, 2.05) is 0 Å². The zero-order valence-electron chi connectivity index (χ0n) is 12.2. The standard InChI is InChI=1S/C14H11Cl3N4O2/c1-19-11-10(12(22)20(2)14(19)23)21(13(17)18-11)6-7-8(15)4-3-5-9(7)16/h3-5H,6H2,1-2H3. The first-order chi connectivity index (χ1) is 10.8. The lowest BCUT2D eigenvalue weighted by Gasteiger charge is -2.10. The maximum atomic E-state index is 12.5. The Morgan fingerprint density at radius 3 is 2.26 bits per heavy atom. The number of nitrogens with zero attached hydrogens (tertiary/aromatic N) is 4. The number of aryl methyl sites for hydroxylation is 1. The lowest BCUT2D eigenvalue weighted by molar-refractivity contribution is 0.702. The van der Waals surface area contributed by atoms with Crippen LogP contribution < -0.4 is 11.2 Å². The van der Waals surface area contributed by atoms with E-state index in [2.05, 4.69) is 4.98 Å². The van der Waals surface area contributed by atoms with E-state index in [0.717, 1.165) is 4.57 Å². The highest BCUT2D eigenvalue weighted by Gasteiger charge is 2.19. The molecule has 0 fully saturated rings. The van der Waals surface area contributed by atoms with Crippen LogP contribution in [-0.4, -0.2) is 18.7 Å². The van der Waals surface area contributed by atoms with Crippen molar-refractivity contribution in [2.24, 2.45) is 14.1 Å². The number of benzene rings is 1. The summed E-state index contributed by atoms with van der Waals surface area (Å²) in [5.41, 5.74) is 0.0973. The van der Waals surface area contributed by atoms with Crippen molar-refractivity contribution in [1.82, 2.24) is 18.7 Å². The largest absolute Gasteiger partial charge is 0.332 e. The van der Waals surface area contributed by atoms with Gasteiger partial charge in [-0.25, -0.2) is 4.79 Å². The van der Waals surface area contributed by atoms with Crippen LogP contribution >= 0.6 is 34.8 Å². The zero-order valence-corrected chi connectivity index (χ0v) is 14.4. The van der Waals surface area contributed by atoms with E-state index in [1.54, 1.807) is 18.2 Å². The second-order valence-corrected chi connectivity index (χ2v) is 6.20. The number of aromatic nitrogens is 4. The number of halogens is 3. The van der Waals surface area contributed by atoms with Gasteiger partial charge in [-0.05, 0) is 23.7 Å². The molecule has 0 aliphatic heterocycles. The molecule has 0 N–H and O–H groups in total. The first kappa shape index (κ1) is 16.1. The van der Waals surface area contributed by atoms with Crippen molar-refractivity contribution < 1.29 is 0 Å². The molecule has 0 bridgehead atoms. The van der Waals surface area contributed by atoms with Gasteiger partial charge in [0.15, 0.2) is 11.2 Å². The van der Waals surface area contributed by atoms with Gasteiger partial charge in [0.25, 0.3) is 5.56 Å². The number of hydrogen-bond donors (Lipinski definition) is 0. The van der Waals surface area contributed by atoms with Crippen LogP contribution in [0.4, 0.5) is 0 Å². The highest BCUT2D eigenvalue weighted by molar-refractivity contribution is 6.36. The number of imidazole rings is 1. The lowest BCUT2D eigenvalue weighted by atomic mass is 10.2. The molecular formula is C14H11Cl3N4O2. The SMILES string of the molecule is Cn1c(=O)c2c(nc(Cl)n2Cc2c(Cl)cccc2Cl)n(C)c1=O. The fourth-order valence-electron chi connectivity index (χ4n) is 2.41. The summed E-state index contributed by atoms with van der Waals surface area (Å²) in [6.45, 7) is 0.168. The third-order valence-electron chi connectivity index (χ3n) is 3.68. The van der Waals surface area contributed by atoms with E-state index >= 15 is 0 Å². The van der Waals surface area contributed by atoms with Crippen LogP contribution in [-0.2, 0) is 20.6 Å². The van der Waals surface area contributed by atoms with Crippen LogP contribution in [0, 0.1) is 0 Å². The van der Waals surface area contributed by atoms with E-state index in [1.165, 1.54) is 23.2 Å². The fraction of sp³-hybridized carbons (Fsp3) is 0.214. The summed E-state index contributed by atoms with van der Waals surface area (Å²) in [6, 6.07) is 5.12. The molecule has 0 spiro atoms. The molecule has 3 aromatic rings. The summed E-state index contributed by atoms with van der Waals surface area (Å²) in [5, 5.41) is 0.989. The predicted molar refractivity (Wildman–Crippen MR) is 90.8 cm³/mol. The normalized spacial score (nSPS) is 11.3. The molecule has 0 unspecified atom stereocenters. The minimum absolute atomic E-state index is 0.0780. The third kappa shape index (κ3) is 2.47. The molecule has 23 heavy (non-hydrogen) atoms. The van der Waals surface area contributed by atoms with E-state index in [0.29, 0.717) is 15.6 Å². The molecule has 0 radical (unpaired) electrons. The maximum absolute atomic E-state index is 12.5. The second-order valence-electron chi connectivity index (χ2n) is 5.05. The fourth-order valence-corrected chi connectivity index (χ4v) is 3.15. The van der Waals surface area contributed by atoms with E-state index < -0.39 is 11.2 Å². The van der Waals surface area contributed by atoms with Gasteiger partial charge >= 0.3 is 5.69 Å². The Hall–Kier alpha value is -1.76.